The lowest BCUT2D eigenvalue weighted by molar-refractivity contribution is 0.0218. The number of benzene rings is 1. The Bertz CT molecular complexity index is 644. The second kappa shape index (κ2) is 9.04. The fourth-order valence-corrected chi connectivity index (χ4v) is 4.45. The highest BCUT2D eigenvalue weighted by molar-refractivity contribution is 5.94. The Kier molecular flexibility index (Phi) is 6.73. The van der Waals surface area contributed by atoms with Crippen molar-refractivity contribution in [2.75, 3.05) is 52.9 Å². The van der Waals surface area contributed by atoms with Crippen LogP contribution < -0.4 is 0 Å². The van der Waals surface area contributed by atoms with E-state index < -0.39 is 0 Å². The number of aryl methyl sites for hydroxylation is 1. The lowest BCUT2D eigenvalue weighted by Crippen LogP contribution is -2.56. The van der Waals surface area contributed by atoms with Gasteiger partial charge in [-0.25, -0.2) is 0 Å². The van der Waals surface area contributed by atoms with Gasteiger partial charge in [-0.05, 0) is 62.9 Å². The Morgan fingerprint density at radius 2 is 1.93 bits per heavy atom. The van der Waals surface area contributed by atoms with Gasteiger partial charge < -0.3 is 20.0 Å². The largest absolute Gasteiger partial charge is 0.508 e. The smallest absolute Gasteiger partial charge is 0.253 e. The number of carbonyl (C=O) groups excluding carboxylic acids is 1. The number of carbonyl (C=O) groups is 1. The Labute approximate surface area is 162 Å². The van der Waals surface area contributed by atoms with E-state index in [4.69, 9.17) is 0 Å². The first-order chi connectivity index (χ1) is 13.0. The van der Waals surface area contributed by atoms with E-state index in [1.165, 1.54) is 0 Å². The third-order valence-corrected chi connectivity index (χ3v) is 6.16. The highest BCUT2D eigenvalue weighted by Crippen LogP contribution is 2.28. The molecular weight excluding hydrogens is 342 g/mol. The van der Waals surface area contributed by atoms with Gasteiger partial charge in [-0.3, -0.25) is 9.69 Å². The van der Waals surface area contributed by atoms with Gasteiger partial charge in [0.2, 0.25) is 0 Å². The highest BCUT2D eigenvalue weighted by atomic mass is 16.3. The normalized spacial score (nSPS) is 24.9. The van der Waals surface area contributed by atoms with Crippen LogP contribution in [-0.2, 0) is 0 Å². The minimum Gasteiger partial charge on any atom is -0.508 e. The first-order valence-corrected chi connectivity index (χ1v) is 10.1. The Balaban J connectivity index is 1.69. The molecule has 0 spiro atoms. The summed E-state index contributed by atoms with van der Waals surface area (Å²) in [6.45, 7) is 7.90. The average Bonchev–Trinajstić information content (AvgIpc) is 2.68. The number of rotatable bonds is 5. The van der Waals surface area contributed by atoms with Crippen LogP contribution in [0.5, 0.6) is 5.75 Å². The molecule has 2 aliphatic heterocycles. The molecule has 1 amide bonds. The van der Waals surface area contributed by atoms with Crippen molar-refractivity contribution in [3.63, 3.8) is 0 Å². The molecule has 2 saturated heterocycles. The molecule has 0 bridgehead atoms. The van der Waals surface area contributed by atoms with Crippen LogP contribution >= 0.6 is 0 Å². The van der Waals surface area contributed by atoms with E-state index >= 15 is 0 Å². The maximum absolute atomic E-state index is 13.0. The molecule has 27 heavy (non-hydrogen) atoms. The monoisotopic (exact) mass is 375 g/mol. The molecule has 0 aliphatic carbocycles. The number of hydrogen-bond donors (Lipinski definition) is 2. The molecule has 150 valence electrons. The molecular formula is C21H33N3O3. The number of likely N-dealkylation sites (tertiary alicyclic amines) is 1. The van der Waals surface area contributed by atoms with Crippen molar-refractivity contribution in [1.82, 2.24) is 14.7 Å². The summed E-state index contributed by atoms with van der Waals surface area (Å²) >= 11 is 0. The van der Waals surface area contributed by atoms with Crippen molar-refractivity contribution in [2.45, 2.75) is 32.2 Å². The van der Waals surface area contributed by atoms with E-state index in [9.17, 15) is 15.0 Å². The number of piperazine rings is 1. The number of aliphatic hydroxyl groups excluding tert-OH is 1. The lowest BCUT2D eigenvalue weighted by atomic mass is 9.86. The average molecular weight is 376 g/mol. The molecule has 3 rings (SSSR count). The Morgan fingerprint density at radius 1 is 1.19 bits per heavy atom. The number of piperidine rings is 1. The van der Waals surface area contributed by atoms with Gasteiger partial charge in [0.15, 0.2) is 0 Å². The number of likely N-dealkylation sites (N-methyl/N-ethyl adjacent to an activating group) is 1. The Morgan fingerprint density at radius 3 is 2.59 bits per heavy atom. The van der Waals surface area contributed by atoms with E-state index in [2.05, 4.69) is 16.8 Å². The summed E-state index contributed by atoms with van der Waals surface area (Å²) in [6, 6.07) is 5.58. The molecule has 2 N–H and O–H groups in total. The van der Waals surface area contributed by atoms with Crippen molar-refractivity contribution in [2.24, 2.45) is 5.92 Å². The molecule has 0 saturated carbocycles. The number of aliphatic hydroxyl groups is 1. The number of phenols is 1. The summed E-state index contributed by atoms with van der Waals surface area (Å²) < 4.78 is 0. The predicted octanol–water partition coefficient (Wildman–Crippen LogP) is 1.55. The predicted molar refractivity (Wildman–Crippen MR) is 106 cm³/mol. The summed E-state index contributed by atoms with van der Waals surface area (Å²) in [6.07, 6.45) is 2.73. The van der Waals surface area contributed by atoms with Gasteiger partial charge in [-0.1, -0.05) is 0 Å². The van der Waals surface area contributed by atoms with Gasteiger partial charge >= 0.3 is 0 Å². The fourth-order valence-electron chi connectivity index (χ4n) is 4.45. The zero-order chi connectivity index (χ0) is 19.4. The molecule has 6 heteroatoms. The molecule has 2 aliphatic rings. The van der Waals surface area contributed by atoms with Crippen LogP contribution in [0, 0.1) is 12.8 Å². The van der Waals surface area contributed by atoms with Crippen LogP contribution in [0.15, 0.2) is 18.2 Å². The maximum atomic E-state index is 13.0. The van der Waals surface area contributed by atoms with Crippen LogP contribution in [0.25, 0.3) is 0 Å². The van der Waals surface area contributed by atoms with Gasteiger partial charge in [0, 0.05) is 57.5 Å². The second-order valence-corrected chi connectivity index (χ2v) is 8.07. The van der Waals surface area contributed by atoms with Crippen molar-refractivity contribution in [3.8, 4) is 5.75 Å². The van der Waals surface area contributed by atoms with Crippen LogP contribution in [-0.4, -0.2) is 89.8 Å². The van der Waals surface area contributed by atoms with Gasteiger partial charge in [0.05, 0.1) is 0 Å². The Hall–Kier alpha value is -1.63. The molecule has 2 heterocycles. The third-order valence-electron chi connectivity index (χ3n) is 6.16. The van der Waals surface area contributed by atoms with E-state index in [1.54, 1.807) is 18.2 Å². The van der Waals surface area contributed by atoms with Gasteiger partial charge in [0.25, 0.3) is 5.91 Å². The summed E-state index contributed by atoms with van der Waals surface area (Å²) in [5, 5.41) is 19.0. The topological polar surface area (TPSA) is 67.3 Å². The van der Waals surface area contributed by atoms with Crippen LogP contribution in [0.2, 0.25) is 0 Å². The van der Waals surface area contributed by atoms with E-state index in [-0.39, 0.29) is 18.3 Å². The van der Waals surface area contributed by atoms with Crippen molar-refractivity contribution >= 4 is 5.91 Å². The molecule has 0 radical (unpaired) electrons. The second-order valence-electron chi connectivity index (χ2n) is 8.07. The number of nitrogens with zero attached hydrogens (tertiary/aromatic N) is 3. The molecule has 2 fully saturated rings. The van der Waals surface area contributed by atoms with Gasteiger partial charge in [-0.15, -0.1) is 0 Å². The van der Waals surface area contributed by atoms with Crippen molar-refractivity contribution in [1.29, 1.82) is 0 Å². The van der Waals surface area contributed by atoms with Crippen LogP contribution in [0.4, 0.5) is 0 Å². The number of aromatic hydroxyl groups is 1. The molecule has 1 aromatic rings. The first-order valence-electron chi connectivity index (χ1n) is 10.1. The number of hydrogen-bond acceptors (Lipinski definition) is 5. The molecule has 6 nitrogen and oxygen atoms in total. The van der Waals surface area contributed by atoms with Gasteiger partial charge in [-0.2, -0.15) is 0 Å². The minimum absolute atomic E-state index is 0.0453. The third kappa shape index (κ3) is 4.81. The first kappa shape index (κ1) is 20.1. The maximum Gasteiger partial charge on any atom is 0.253 e. The zero-order valence-corrected chi connectivity index (χ0v) is 16.6. The quantitative estimate of drug-likeness (QED) is 0.817. The molecule has 2 atom stereocenters. The van der Waals surface area contributed by atoms with Crippen molar-refractivity contribution < 1.29 is 15.0 Å². The van der Waals surface area contributed by atoms with E-state index in [0.717, 1.165) is 64.1 Å². The number of phenolic OH excluding ortho intramolecular Hbond substituents is 1. The summed E-state index contributed by atoms with van der Waals surface area (Å²) in [5.74, 6) is 0.668. The van der Waals surface area contributed by atoms with Crippen molar-refractivity contribution in [3.05, 3.63) is 29.3 Å². The van der Waals surface area contributed by atoms with Gasteiger partial charge in [0.1, 0.15) is 5.75 Å². The van der Waals surface area contributed by atoms with E-state index in [0.29, 0.717) is 17.5 Å². The molecule has 0 aromatic heterocycles. The minimum atomic E-state index is 0.0453. The molecule has 0 unspecified atom stereocenters. The summed E-state index contributed by atoms with van der Waals surface area (Å²) in [7, 11) is 2.17. The highest BCUT2D eigenvalue weighted by Gasteiger charge is 2.35. The lowest BCUT2D eigenvalue weighted by Gasteiger charge is -2.46. The zero-order valence-electron chi connectivity index (χ0n) is 16.6. The SMILES string of the molecule is Cc1cc(C(=O)N2CC[C@H](N3CCN(C)CC3)[C@H](CCCO)C2)ccc1O. The van der Waals surface area contributed by atoms with Crippen LogP contribution in [0.3, 0.4) is 0 Å². The number of amides is 1. The van der Waals surface area contributed by atoms with Crippen LogP contribution in [0.1, 0.15) is 35.2 Å². The summed E-state index contributed by atoms with van der Waals surface area (Å²) in [4.78, 5) is 19.9. The standard InChI is InChI=1S/C21H33N3O3/c1-16-14-17(5-6-20(16)26)21(27)24-8-7-19(18(15-24)4-3-13-25)23-11-9-22(2)10-12-23/h5-6,14,18-19,25-26H,3-4,7-13,15H2,1-2H3/t18-,19+/m1/s1. The van der Waals surface area contributed by atoms with E-state index in [1.807, 2.05) is 11.8 Å². The summed E-state index contributed by atoms with van der Waals surface area (Å²) in [5.41, 5.74) is 1.37. The fraction of sp³-hybridized carbons (Fsp3) is 0.667. The molecule has 1 aromatic carbocycles.